The van der Waals surface area contributed by atoms with Crippen molar-refractivity contribution < 1.29 is 45.0 Å². The first-order valence-electron chi connectivity index (χ1n) is 7.70. The maximum absolute atomic E-state index is 11.2. The maximum atomic E-state index is 11.2. The Labute approximate surface area is 152 Å². The number of rotatable bonds is 6. The predicted octanol–water partition coefficient (Wildman–Crippen LogP) is -1.06. The van der Waals surface area contributed by atoms with Crippen LogP contribution in [-0.2, 0) is 30.2 Å². The molecule has 132 valence electrons. The van der Waals surface area contributed by atoms with Gasteiger partial charge in [-0.1, -0.05) is 0 Å². The SMILES string of the molecule is C[I-]c1ccc(C[C@H]2C=C[C@H](OC(C)=O)[C@@H](COC(C)=O)O2)cc1. The molecule has 6 heteroatoms. The second kappa shape index (κ2) is 9.17. The summed E-state index contributed by atoms with van der Waals surface area (Å²) in [6.45, 7) is 2.75. The summed E-state index contributed by atoms with van der Waals surface area (Å²) >= 11 is 0.0998. The Morgan fingerprint density at radius 1 is 1.12 bits per heavy atom. The molecule has 0 N–H and O–H groups in total. The summed E-state index contributed by atoms with van der Waals surface area (Å²) < 4.78 is 17.6. The van der Waals surface area contributed by atoms with Gasteiger partial charge in [0.15, 0.2) is 0 Å². The van der Waals surface area contributed by atoms with Crippen molar-refractivity contribution in [3.05, 3.63) is 45.6 Å². The van der Waals surface area contributed by atoms with E-state index in [1.54, 1.807) is 0 Å². The molecule has 24 heavy (non-hydrogen) atoms. The van der Waals surface area contributed by atoms with Gasteiger partial charge in [0, 0.05) is 0 Å². The van der Waals surface area contributed by atoms with Crippen LogP contribution in [0, 0.1) is 3.57 Å². The van der Waals surface area contributed by atoms with Gasteiger partial charge in [0.25, 0.3) is 0 Å². The van der Waals surface area contributed by atoms with Gasteiger partial charge in [-0.3, -0.25) is 0 Å². The van der Waals surface area contributed by atoms with Crippen LogP contribution in [0.4, 0.5) is 0 Å². The van der Waals surface area contributed by atoms with Crippen LogP contribution in [0.5, 0.6) is 0 Å². The first kappa shape index (κ1) is 18.9. The Kier molecular flexibility index (Phi) is 7.23. The molecule has 1 heterocycles. The van der Waals surface area contributed by atoms with E-state index in [0.717, 1.165) is 6.42 Å². The van der Waals surface area contributed by atoms with E-state index in [1.807, 2.05) is 12.2 Å². The van der Waals surface area contributed by atoms with Crippen LogP contribution < -0.4 is 21.2 Å². The van der Waals surface area contributed by atoms with Gasteiger partial charge in [-0.25, -0.2) is 0 Å². The zero-order valence-electron chi connectivity index (χ0n) is 14.0. The normalized spacial score (nSPS) is 23.0. The van der Waals surface area contributed by atoms with E-state index in [-0.39, 0.29) is 39.9 Å². The van der Waals surface area contributed by atoms with E-state index >= 15 is 0 Å². The van der Waals surface area contributed by atoms with Crippen LogP contribution in [0.15, 0.2) is 36.4 Å². The fraction of sp³-hybridized carbons (Fsp3) is 0.444. The standard InChI is InChI=1S/C18H22IO5/c1-12(20)22-11-18-17(23-13(2)21)9-8-16(24-18)10-14-4-6-15(19-3)7-5-14/h4-9,16-18H,10-11H2,1-3H3/q-1/t16-,17+,18-/m1/s1. The van der Waals surface area contributed by atoms with Crippen LogP contribution in [0.2, 0.25) is 0 Å². The number of halogens is 1. The Hall–Kier alpha value is -1.41. The molecular weight excluding hydrogens is 423 g/mol. The summed E-state index contributed by atoms with van der Waals surface area (Å²) in [7, 11) is 0. The average Bonchev–Trinajstić information content (AvgIpc) is 2.55. The van der Waals surface area contributed by atoms with Crippen LogP contribution in [0.3, 0.4) is 0 Å². The molecule has 0 saturated heterocycles. The topological polar surface area (TPSA) is 61.8 Å². The molecule has 0 bridgehead atoms. The number of ether oxygens (including phenoxy) is 3. The second-order valence-electron chi connectivity index (χ2n) is 5.49. The first-order chi connectivity index (χ1) is 11.5. The van der Waals surface area contributed by atoms with E-state index in [4.69, 9.17) is 14.2 Å². The zero-order chi connectivity index (χ0) is 17.5. The van der Waals surface area contributed by atoms with Gasteiger partial charge in [-0.15, -0.1) is 0 Å². The third-order valence-corrected chi connectivity index (χ3v) is 5.52. The molecule has 1 aliphatic heterocycles. The molecule has 0 unspecified atom stereocenters. The molecule has 3 atom stereocenters. The summed E-state index contributed by atoms with van der Waals surface area (Å²) in [5.41, 5.74) is 1.18. The molecule has 0 fully saturated rings. The number of carbonyl (C=O) groups excluding carboxylic acids is 2. The number of hydrogen-bond donors (Lipinski definition) is 0. The second-order valence-corrected chi connectivity index (χ2v) is 7.82. The fourth-order valence-electron chi connectivity index (χ4n) is 2.44. The molecule has 1 aromatic rings. The number of esters is 2. The van der Waals surface area contributed by atoms with Gasteiger partial charge < -0.3 is 0 Å². The van der Waals surface area contributed by atoms with Crippen LogP contribution in [0.25, 0.3) is 0 Å². The molecule has 0 aromatic heterocycles. The number of benzene rings is 1. The van der Waals surface area contributed by atoms with Gasteiger partial charge in [0.1, 0.15) is 0 Å². The minimum absolute atomic E-state index is 0.0628. The first-order valence-corrected chi connectivity index (χ1v) is 10.9. The third-order valence-electron chi connectivity index (χ3n) is 3.55. The van der Waals surface area contributed by atoms with Crippen molar-refractivity contribution in [1.29, 1.82) is 0 Å². The van der Waals surface area contributed by atoms with Crippen LogP contribution in [0.1, 0.15) is 19.4 Å². The molecule has 1 aromatic carbocycles. The van der Waals surface area contributed by atoms with E-state index in [2.05, 4.69) is 29.2 Å². The van der Waals surface area contributed by atoms with Gasteiger partial charge in [-0.2, -0.15) is 0 Å². The van der Waals surface area contributed by atoms with Crippen molar-refractivity contribution >= 4 is 11.9 Å². The monoisotopic (exact) mass is 445 g/mol. The van der Waals surface area contributed by atoms with Crippen LogP contribution in [-0.4, -0.2) is 41.8 Å². The van der Waals surface area contributed by atoms with Crippen molar-refractivity contribution in [3.8, 4) is 0 Å². The molecule has 0 saturated carbocycles. The summed E-state index contributed by atoms with van der Waals surface area (Å²) in [5.74, 6) is -0.775. The van der Waals surface area contributed by atoms with Crippen molar-refractivity contribution in [2.45, 2.75) is 38.6 Å². The third kappa shape index (κ3) is 5.90. The van der Waals surface area contributed by atoms with E-state index in [1.165, 1.54) is 23.0 Å². The van der Waals surface area contributed by atoms with Crippen molar-refractivity contribution in [1.82, 2.24) is 0 Å². The van der Waals surface area contributed by atoms with Crippen LogP contribution >= 0.6 is 0 Å². The van der Waals surface area contributed by atoms with E-state index in [0.29, 0.717) is 0 Å². The molecule has 0 spiro atoms. The molecule has 1 aliphatic rings. The van der Waals surface area contributed by atoms with Gasteiger partial charge in [0.05, 0.1) is 0 Å². The Balaban J connectivity index is 2.02. The average molecular weight is 445 g/mol. The molecule has 2 rings (SSSR count). The quantitative estimate of drug-likeness (QED) is 0.242. The van der Waals surface area contributed by atoms with Gasteiger partial charge >= 0.3 is 153 Å². The fourth-order valence-corrected chi connectivity index (χ4v) is 3.52. The van der Waals surface area contributed by atoms with E-state index in [9.17, 15) is 9.59 Å². The zero-order valence-corrected chi connectivity index (χ0v) is 16.2. The van der Waals surface area contributed by atoms with Crippen molar-refractivity contribution in [2.75, 3.05) is 11.5 Å². The van der Waals surface area contributed by atoms with Crippen molar-refractivity contribution in [3.63, 3.8) is 0 Å². The number of alkyl halides is 1. The molecular formula is C18H22IO5-. The Morgan fingerprint density at radius 3 is 2.42 bits per heavy atom. The van der Waals surface area contributed by atoms with Gasteiger partial charge in [0.2, 0.25) is 0 Å². The van der Waals surface area contributed by atoms with Gasteiger partial charge in [-0.05, 0) is 0 Å². The summed E-state index contributed by atoms with van der Waals surface area (Å²) in [4.78, 5) is 24.5. The Morgan fingerprint density at radius 2 is 1.83 bits per heavy atom. The summed E-state index contributed by atoms with van der Waals surface area (Å²) in [5, 5.41) is 0. The molecule has 0 amide bonds. The predicted molar refractivity (Wildman–Crippen MR) is 84.8 cm³/mol. The number of hydrogen-bond acceptors (Lipinski definition) is 5. The van der Waals surface area contributed by atoms with E-state index < -0.39 is 18.2 Å². The molecule has 0 aliphatic carbocycles. The number of carbonyl (C=O) groups is 2. The molecule has 5 nitrogen and oxygen atoms in total. The van der Waals surface area contributed by atoms with Crippen molar-refractivity contribution in [2.24, 2.45) is 0 Å². The Bertz CT molecular complexity index is 596. The summed E-state index contributed by atoms with van der Waals surface area (Å²) in [6.07, 6.45) is 3.27. The molecule has 0 radical (unpaired) electrons. The minimum atomic E-state index is -0.537. The summed E-state index contributed by atoms with van der Waals surface area (Å²) in [6, 6.07) is 8.56.